The minimum absolute atomic E-state index is 0.102. The van der Waals surface area contributed by atoms with Crippen LogP contribution in [0.15, 0.2) is 42.9 Å². The number of fused-ring (bicyclic) bond motifs is 1. The van der Waals surface area contributed by atoms with Crippen LogP contribution in [-0.2, 0) is 4.79 Å². The number of carboxylic acid groups (broad SMARTS) is 1. The van der Waals surface area contributed by atoms with Gasteiger partial charge in [-0.15, -0.1) is 0 Å². The van der Waals surface area contributed by atoms with Crippen LogP contribution >= 0.6 is 0 Å². The molecule has 2 heterocycles. The van der Waals surface area contributed by atoms with Crippen LogP contribution in [0.5, 0.6) is 5.75 Å². The molecule has 2 N–H and O–H groups in total. The Balaban J connectivity index is 2.15. The highest BCUT2D eigenvalue weighted by molar-refractivity contribution is 6.42. The van der Waals surface area contributed by atoms with Crippen molar-refractivity contribution in [2.75, 3.05) is 7.11 Å². The molecule has 0 saturated carbocycles. The molecule has 0 unspecified atom stereocenters. The van der Waals surface area contributed by atoms with Gasteiger partial charge in [-0.2, -0.15) is 0 Å². The van der Waals surface area contributed by atoms with Crippen molar-refractivity contribution in [3.63, 3.8) is 0 Å². The maximum atomic E-state index is 11.7. The number of H-pyrrole nitrogens is 1. The van der Waals surface area contributed by atoms with Crippen molar-refractivity contribution in [2.24, 2.45) is 0 Å². The number of hydrogen-bond donors (Lipinski definition) is 2. The summed E-state index contributed by atoms with van der Waals surface area (Å²) in [6.45, 7) is 0. The molecule has 0 fully saturated rings. The molecule has 6 nitrogen and oxygen atoms in total. The van der Waals surface area contributed by atoms with Crippen molar-refractivity contribution in [3.05, 3.63) is 48.4 Å². The lowest BCUT2D eigenvalue weighted by atomic mass is 10.0. The third-order valence-corrected chi connectivity index (χ3v) is 3.44. The quantitative estimate of drug-likeness (QED) is 0.570. The van der Waals surface area contributed by atoms with E-state index in [4.69, 9.17) is 9.84 Å². The Morgan fingerprint density at radius 2 is 1.91 bits per heavy atom. The third-order valence-electron chi connectivity index (χ3n) is 3.44. The highest BCUT2D eigenvalue weighted by Crippen LogP contribution is 2.30. The summed E-state index contributed by atoms with van der Waals surface area (Å²) < 4.78 is 5.12. The predicted octanol–water partition coefficient (Wildman–Crippen LogP) is 2.51. The zero-order chi connectivity index (χ0) is 15.7. The summed E-state index contributed by atoms with van der Waals surface area (Å²) in [5, 5.41) is 9.35. The van der Waals surface area contributed by atoms with Gasteiger partial charge in [0.1, 0.15) is 5.75 Å². The summed E-state index contributed by atoms with van der Waals surface area (Å²) in [4.78, 5) is 29.6. The van der Waals surface area contributed by atoms with Gasteiger partial charge in [0, 0.05) is 29.5 Å². The summed E-state index contributed by atoms with van der Waals surface area (Å²) in [5.74, 6) is -1.72. The number of ether oxygens (including phenoxy) is 1. The van der Waals surface area contributed by atoms with E-state index in [-0.39, 0.29) is 5.56 Å². The van der Waals surface area contributed by atoms with Gasteiger partial charge in [0.2, 0.25) is 0 Å². The molecule has 0 bridgehead atoms. The number of methoxy groups -OCH3 is 1. The van der Waals surface area contributed by atoms with Crippen LogP contribution in [0.4, 0.5) is 0 Å². The average molecular weight is 296 g/mol. The van der Waals surface area contributed by atoms with Gasteiger partial charge >= 0.3 is 5.97 Å². The first-order chi connectivity index (χ1) is 10.6. The van der Waals surface area contributed by atoms with E-state index < -0.39 is 11.8 Å². The number of Topliss-reactive ketones (excluding diaryl/α,β-unsaturated/α-hetero) is 1. The fraction of sp³-hybridized carbons (Fsp3) is 0.0625. The molecule has 0 aliphatic heterocycles. The van der Waals surface area contributed by atoms with Crippen LogP contribution in [0.2, 0.25) is 0 Å². The van der Waals surface area contributed by atoms with Crippen LogP contribution in [0.25, 0.3) is 22.0 Å². The molecule has 22 heavy (non-hydrogen) atoms. The average Bonchev–Trinajstić information content (AvgIpc) is 2.98. The largest absolute Gasteiger partial charge is 0.497 e. The van der Waals surface area contributed by atoms with E-state index in [1.54, 1.807) is 13.3 Å². The molecule has 110 valence electrons. The molecule has 1 aromatic carbocycles. The molecule has 0 aliphatic rings. The maximum absolute atomic E-state index is 11.7. The highest BCUT2D eigenvalue weighted by Gasteiger charge is 2.20. The van der Waals surface area contributed by atoms with Crippen molar-refractivity contribution < 1.29 is 19.4 Å². The Morgan fingerprint density at radius 3 is 2.55 bits per heavy atom. The Bertz CT molecular complexity index is 865. The molecule has 0 saturated heterocycles. The van der Waals surface area contributed by atoms with Crippen molar-refractivity contribution in [1.82, 2.24) is 9.97 Å². The smallest absolute Gasteiger partial charge is 0.377 e. The molecule has 0 amide bonds. The molecule has 0 spiro atoms. The van der Waals surface area contributed by atoms with Crippen LogP contribution in [0, 0.1) is 0 Å². The lowest BCUT2D eigenvalue weighted by molar-refractivity contribution is -0.131. The molecule has 2 aromatic heterocycles. The normalized spacial score (nSPS) is 10.6. The van der Waals surface area contributed by atoms with Gasteiger partial charge in [-0.1, -0.05) is 12.1 Å². The monoisotopic (exact) mass is 296 g/mol. The number of hydrogen-bond acceptors (Lipinski definition) is 4. The number of pyridine rings is 1. The number of aliphatic carboxylic acids is 1. The van der Waals surface area contributed by atoms with Gasteiger partial charge in [0.05, 0.1) is 18.2 Å². The lowest BCUT2D eigenvalue weighted by Crippen LogP contribution is -2.11. The molecule has 0 aliphatic carbocycles. The Morgan fingerprint density at radius 1 is 1.18 bits per heavy atom. The number of ketones is 1. The van der Waals surface area contributed by atoms with E-state index in [2.05, 4.69) is 9.97 Å². The molecule has 6 heteroatoms. The highest BCUT2D eigenvalue weighted by atomic mass is 16.5. The standard InChI is InChI=1S/C16H12N2O4/c1-22-10-4-2-9(3-5-10)11-6-17-7-12-13(8-18-14(11)12)15(19)16(20)21/h2-8,18H,1H3,(H,20,21). The van der Waals surface area contributed by atoms with Crippen molar-refractivity contribution in [2.45, 2.75) is 0 Å². The molecule has 0 radical (unpaired) electrons. The summed E-state index contributed by atoms with van der Waals surface area (Å²) in [6, 6.07) is 7.38. The fourth-order valence-electron chi connectivity index (χ4n) is 2.33. The number of benzene rings is 1. The summed E-state index contributed by atoms with van der Waals surface area (Å²) in [7, 11) is 1.59. The maximum Gasteiger partial charge on any atom is 0.377 e. The van der Waals surface area contributed by atoms with Crippen LogP contribution < -0.4 is 4.74 Å². The molecule has 0 atom stereocenters. The van der Waals surface area contributed by atoms with E-state index in [0.717, 1.165) is 16.9 Å². The number of aromatic amines is 1. The van der Waals surface area contributed by atoms with Crippen LogP contribution in [0.1, 0.15) is 10.4 Å². The minimum atomic E-state index is -1.49. The van der Waals surface area contributed by atoms with Gasteiger partial charge in [-0.3, -0.25) is 9.78 Å². The summed E-state index contributed by atoms with van der Waals surface area (Å²) in [6.07, 6.45) is 4.54. The van der Waals surface area contributed by atoms with E-state index >= 15 is 0 Å². The first-order valence-corrected chi connectivity index (χ1v) is 6.49. The molecular weight excluding hydrogens is 284 g/mol. The zero-order valence-corrected chi connectivity index (χ0v) is 11.7. The van der Waals surface area contributed by atoms with E-state index in [9.17, 15) is 9.59 Å². The number of rotatable bonds is 4. The second-order valence-corrected chi connectivity index (χ2v) is 4.67. The third kappa shape index (κ3) is 2.20. The Kier molecular flexibility index (Phi) is 3.34. The number of carbonyl (C=O) groups is 2. The number of carbonyl (C=O) groups excluding carboxylic acids is 1. The first kappa shape index (κ1) is 13.8. The van der Waals surface area contributed by atoms with Gasteiger partial charge in [-0.25, -0.2) is 4.79 Å². The van der Waals surface area contributed by atoms with Gasteiger partial charge in [0.15, 0.2) is 0 Å². The SMILES string of the molecule is COc1ccc(-c2cncc3c(C(=O)C(=O)O)c[nH]c23)cc1. The Hall–Kier alpha value is -3.15. The predicted molar refractivity (Wildman–Crippen MR) is 80.0 cm³/mol. The number of nitrogens with zero attached hydrogens (tertiary/aromatic N) is 1. The van der Waals surface area contributed by atoms with E-state index in [1.165, 1.54) is 12.4 Å². The first-order valence-electron chi connectivity index (χ1n) is 6.49. The molecule has 3 rings (SSSR count). The van der Waals surface area contributed by atoms with Crippen molar-refractivity contribution in [3.8, 4) is 16.9 Å². The van der Waals surface area contributed by atoms with E-state index in [1.807, 2.05) is 24.3 Å². The second-order valence-electron chi connectivity index (χ2n) is 4.67. The number of carboxylic acids is 1. The van der Waals surface area contributed by atoms with Crippen molar-refractivity contribution >= 4 is 22.7 Å². The topological polar surface area (TPSA) is 92.3 Å². The Labute approximate surface area is 125 Å². The zero-order valence-electron chi connectivity index (χ0n) is 11.7. The molecular formula is C16H12N2O4. The fourth-order valence-corrected chi connectivity index (χ4v) is 2.33. The van der Waals surface area contributed by atoms with E-state index in [0.29, 0.717) is 10.9 Å². The summed E-state index contributed by atoms with van der Waals surface area (Å²) in [5.41, 5.74) is 2.44. The van der Waals surface area contributed by atoms with Crippen molar-refractivity contribution in [1.29, 1.82) is 0 Å². The second kappa shape index (κ2) is 5.33. The van der Waals surface area contributed by atoms with Gasteiger partial charge < -0.3 is 14.8 Å². The number of nitrogens with one attached hydrogen (secondary N) is 1. The summed E-state index contributed by atoms with van der Waals surface area (Å²) >= 11 is 0. The number of aromatic nitrogens is 2. The van der Waals surface area contributed by atoms with Crippen LogP contribution in [-0.4, -0.2) is 33.9 Å². The minimum Gasteiger partial charge on any atom is -0.497 e. The van der Waals surface area contributed by atoms with Gasteiger partial charge in [0.25, 0.3) is 5.78 Å². The lowest BCUT2D eigenvalue weighted by Gasteiger charge is -2.05. The van der Waals surface area contributed by atoms with Crippen LogP contribution in [0.3, 0.4) is 0 Å². The van der Waals surface area contributed by atoms with Gasteiger partial charge in [-0.05, 0) is 17.7 Å². The molecule has 3 aromatic rings.